The summed E-state index contributed by atoms with van der Waals surface area (Å²) < 4.78 is 0. The van der Waals surface area contributed by atoms with Crippen LogP contribution in [-0.4, -0.2) is 32.3 Å². The monoisotopic (exact) mass is 2330 g/mol. The SMILES string of the molecule is C=CCCCCCC[Si](C)(C1C2CCCCC2C2CCCCC21)C1C2CCCCC2C2CCC(C(C)(C)C)CC21.C=CCCCCCC[Si](C)(C1C2CCCCC2C2CCCCC21)C1C2CCCCC2C2CCC(C(C)(C)C)CC21.CC(C)(C)C1CCC2C3CCC(C(C)(C)C)CC3C(CCC3C4CC(C(C)(C)C)CCC4C4CCC(C(C)(C)C)CC43)C2C1.[CH2-][Si](C)(C)C.[CH2-][Si](C)(C)C.[CH3-].[CH3-].[CH3-].[CH3-].[CH3-].[CH3-].[CH3-].[CH3-].[CH3-].[CH3-].[Zr+4].[Zr+4].[Zr+4]. The van der Waals surface area contributed by atoms with Gasteiger partial charge in [-0.3, -0.25) is 0 Å². The zero-order valence-electron chi connectivity index (χ0n) is 107. The predicted molar refractivity (Wildman–Crippen MR) is 668 cm³/mol. The minimum Gasteiger partial charge on any atom is -0.358 e. The fourth-order valence-electron chi connectivity index (χ4n) is 41.5. The van der Waals surface area contributed by atoms with Crippen molar-refractivity contribution in [3.63, 3.8) is 0 Å². The van der Waals surface area contributed by atoms with Crippen LogP contribution in [0.5, 0.6) is 0 Å². The number of rotatable bonds is 21. The third-order valence-electron chi connectivity index (χ3n) is 47.1. The topological polar surface area (TPSA) is 0 Å². The number of allylic oxidation sites excluding steroid dienone is 2. The van der Waals surface area contributed by atoms with Gasteiger partial charge in [0.15, 0.2) is 0 Å². The fourth-order valence-corrected chi connectivity index (χ4v) is 56.9. The molecule has 0 amide bonds. The Hall–Kier alpha value is 3.00. The Morgan fingerprint density at radius 1 is 0.204 bits per heavy atom. The molecule has 0 bridgehead atoms. The van der Waals surface area contributed by atoms with Crippen LogP contribution in [0.25, 0.3) is 0 Å². The molecule has 34 unspecified atom stereocenters. The predicted octanol–water partition coefficient (Wildman–Crippen LogP) is 46.2. The van der Waals surface area contributed by atoms with Crippen molar-refractivity contribution < 1.29 is 78.6 Å². The average Bonchev–Trinajstić information content (AvgIpc) is 1.55. The first kappa shape index (κ1) is 148. The summed E-state index contributed by atoms with van der Waals surface area (Å²) in [6.45, 7) is 81.7. The second-order valence-electron chi connectivity index (χ2n) is 63.5. The Morgan fingerprint density at radius 2 is 0.347 bits per heavy atom. The van der Waals surface area contributed by atoms with Gasteiger partial charge in [0.25, 0.3) is 0 Å². The molecule has 0 radical (unpaired) electrons. The molecule has 0 spiro atoms. The van der Waals surface area contributed by atoms with Gasteiger partial charge in [-0.1, -0.05) is 355 Å². The average molecular weight is 2340 g/mol. The third kappa shape index (κ3) is 35.3. The summed E-state index contributed by atoms with van der Waals surface area (Å²) in [5.41, 5.74) is 7.67. The molecule has 18 aliphatic rings. The van der Waals surface area contributed by atoms with Crippen LogP contribution < -0.4 is 0 Å². The summed E-state index contributed by atoms with van der Waals surface area (Å²) >= 11 is 0. The second-order valence-corrected chi connectivity index (χ2v) is 83.5. The van der Waals surface area contributed by atoms with Crippen LogP contribution in [0.1, 0.15) is 471 Å². The zero-order valence-corrected chi connectivity index (χ0v) is 118. The van der Waals surface area contributed by atoms with Crippen LogP contribution in [0, 0.1) is 309 Å². The van der Waals surface area contributed by atoms with Crippen molar-refractivity contribution in [2.75, 3.05) is 0 Å². The van der Waals surface area contributed by atoms with Gasteiger partial charge in [0.1, 0.15) is 0 Å². The fraction of sp³-hybridized carbons (Fsp3) is 0.886. The zero-order chi connectivity index (χ0) is 96.8. The molecule has 34 atom stereocenters. The minimum atomic E-state index is -1.49. The molecule has 18 rings (SSSR count). The van der Waals surface area contributed by atoms with Gasteiger partial charge in [-0.2, -0.15) is 0 Å². The van der Waals surface area contributed by atoms with Crippen LogP contribution in [0.2, 0.25) is 86.6 Å². The first-order valence-electron chi connectivity index (χ1n) is 61.9. The Morgan fingerprint density at radius 3 is 0.517 bits per heavy atom. The molecule has 0 aliphatic heterocycles. The molecule has 0 aromatic carbocycles. The standard InChI is InChI=1S/C44H78.2C39H68Si.2C4H11Si.10CH3.3Zr/c1-41(2,3)27-13-17-31-32-18-14-28(42(4,5)6)24-38(32)35(37(31)23-27)21-22-36-39-25-29(43(7,8)9)15-19-33(39)34-20-16-30(26-40(34)36)44(10,11)12;2*1-6-7-8-9-10-17-26-40(5,37-33-21-14-11-18-29(33)30-19-12-15-22-34(30)37)38-35-23-16-13-20-31(35)32-25-24-28(27-36(32)38)39(2,3)4;2*1-5(2,3)4;;;;;;;;;;;;;/h27-40H,13-26H2,1-12H3;2*6,28-38H,1,7-27H2,2-5H3;2*1H2,2-4H3;10*1H3;;;/q;;;12*-1;3*+4. The van der Waals surface area contributed by atoms with Gasteiger partial charge in [-0.25, -0.2) is 0 Å². The molecule has 7 heteroatoms. The molecule has 0 aromatic rings. The molecular weight excluding hydrogens is 2070 g/mol. The van der Waals surface area contributed by atoms with Crippen LogP contribution in [0.15, 0.2) is 25.3 Å². The molecule has 0 nitrogen and oxygen atoms in total. The summed E-state index contributed by atoms with van der Waals surface area (Å²) in [7, 11) is -4.71. The normalized spacial score (nSPS) is 39.1. The largest absolute Gasteiger partial charge is 4.00 e. The maximum absolute atomic E-state index is 4.01. The van der Waals surface area contributed by atoms with Crippen LogP contribution >= 0.6 is 0 Å². The van der Waals surface area contributed by atoms with E-state index in [1.807, 2.05) is 0 Å². The van der Waals surface area contributed by atoms with Gasteiger partial charge in [-0.15, -0.1) is 29.3 Å². The van der Waals surface area contributed by atoms with E-state index in [-0.39, 0.29) is 153 Å². The van der Waals surface area contributed by atoms with Crippen molar-refractivity contribution in [2.24, 2.45) is 222 Å². The summed E-state index contributed by atoms with van der Waals surface area (Å²) in [5.74, 6) is 34.2. The van der Waals surface area contributed by atoms with Crippen molar-refractivity contribution in [1.29, 1.82) is 0 Å². The molecule has 0 aromatic heterocycles. The quantitative estimate of drug-likeness (QED) is 0.0465. The van der Waals surface area contributed by atoms with Gasteiger partial charge in [-0.05, 0) is 437 Å². The molecular formula is C140H266Si4Zr3. The number of hydrogen-bond acceptors (Lipinski definition) is 0. The second kappa shape index (κ2) is 62.2. The van der Waals surface area contributed by atoms with Gasteiger partial charge in [0, 0.05) is 0 Å². The van der Waals surface area contributed by atoms with Crippen molar-refractivity contribution in [3.8, 4) is 0 Å². The van der Waals surface area contributed by atoms with Crippen LogP contribution in [0.3, 0.4) is 0 Å². The van der Waals surface area contributed by atoms with Gasteiger partial charge in [0.05, 0.1) is 16.1 Å². The molecule has 0 saturated heterocycles. The Kier molecular flexibility index (Phi) is 62.7. The summed E-state index contributed by atoms with van der Waals surface area (Å²) in [4.78, 5) is 0. The number of unbranched alkanes of at least 4 members (excludes halogenated alkanes) is 8. The Labute approximate surface area is 993 Å². The first-order chi connectivity index (χ1) is 63.0. The van der Waals surface area contributed by atoms with Crippen molar-refractivity contribution >= 4 is 32.3 Å². The number of hydrogen-bond donors (Lipinski definition) is 0. The molecule has 18 fully saturated rings. The molecule has 0 heterocycles. The third-order valence-corrected chi connectivity index (χ3v) is 59.5. The molecule has 854 valence electrons. The molecule has 0 N–H and O–H groups in total. The van der Waals surface area contributed by atoms with Crippen molar-refractivity contribution in [1.82, 2.24) is 0 Å². The maximum Gasteiger partial charge on any atom is 4.00 e. The van der Waals surface area contributed by atoms with E-state index in [9.17, 15) is 0 Å². The number of fused-ring (bicyclic) bond motifs is 18. The van der Waals surface area contributed by atoms with E-state index in [4.69, 9.17) is 0 Å². The van der Waals surface area contributed by atoms with Crippen molar-refractivity contribution in [3.05, 3.63) is 113 Å². The van der Waals surface area contributed by atoms with E-state index in [0.717, 1.165) is 189 Å². The summed E-state index contributed by atoms with van der Waals surface area (Å²) in [5, 5.41) is 0. The molecule has 147 heavy (non-hydrogen) atoms. The van der Waals surface area contributed by atoms with E-state index < -0.39 is 32.3 Å². The Balaban J connectivity index is 0.00000101. The summed E-state index contributed by atoms with van der Waals surface area (Å²) in [6.07, 6.45) is 88.0. The first-order valence-corrected chi connectivity index (χ1v) is 75.1. The minimum absolute atomic E-state index is 0. The van der Waals surface area contributed by atoms with Crippen molar-refractivity contribution in [2.45, 2.75) is 558 Å². The van der Waals surface area contributed by atoms with E-state index in [0.29, 0.717) is 32.5 Å². The molecule has 18 aliphatic carbocycles. The van der Waals surface area contributed by atoms with E-state index in [1.54, 1.807) is 282 Å². The molecule has 18 saturated carbocycles. The van der Waals surface area contributed by atoms with Gasteiger partial charge in [0.2, 0.25) is 0 Å². The van der Waals surface area contributed by atoms with E-state index >= 15 is 0 Å². The van der Waals surface area contributed by atoms with Gasteiger partial charge < -0.3 is 87.4 Å². The van der Waals surface area contributed by atoms with E-state index in [2.05, 4.69) is 215 Å². The Bertz CT molecular complexity index is 3210. The summed E-state index contributed by atoms with van der Waals surface area (Å²) in [6, 6.07) is 3.41. The van der Waals surface area contributed by atoms with Crippen LogP contribution in [-0.2, 0) is 78.6 Å². The van der Waals surface area contributed by atoms with Gasteiger partial charge >= 0.3 is 78.6 Å². The van der Waals surface area contributed by atoms with E-state index in [1.165, 1.54) is 99.2 Å². The smallest absolute Gasteiger partial charge is 0.358 e. The van der Waals surface area contributed by atoms with Crippen LogP contribution in [0.4, 0.5) is 0 Å². The maximum atomic E-state index is 4.01.